The van der Waals surface area contributed by atoms with E-state index in [-0.39, 0.29) is 0 Å². The van der Waals surface area contributed by atoms with E-state index in [0.29, 0.717) is 0 Å². The molecule has 2 nitrogen and oxygen atoms in total. The second kappa shape index (κ2) is 15.6. The maximum Gasteiger partial charge on any atom is 0.0540 e. The van der Waals surface area contributed by atoms with Crippen LogP contribution in [0.3, 0.4) is 0 Å². The van der Waals surface area contributed by atoms with Gasteiger partial charge in [-0.2, -0.15) is 0 Å². The highest BCUT2D eigenvalue weighted by Crippen LogP contribution is 2.43. The molecular formula is C56H42N2. The van der Waals surface area contributed by atoms with Gasteiger partial charge in [0.15, 0.2) is 0 Å². The summed E-state index contributed by atoms with van der Waals surface area (Å²) in [6.45, 7) is 0. The average molecular weight is 743 g/mol. The van der Waals surface area contributed by atoms with Crippen molar-refractivity contribution >= 4 is 51.0 Å². The molecule has 9 aromatic rings. The molecule has 0 spiro atoms. The van der Waals surface area contributed by atoms with Crippen molar-refractivity contribution in [2.75, 3.05) is 9.80 Å². The van der Waals surface area contributed by atoms with Gasteiger partial charge in [0, 0.05) is 39.1 Å². The van der Waals surface area contributed by atoms with Gasteiger partial charge < -0.3 is 9.80 Å². The number of hydrogen-bond donors (Lipinski definition) is 0. The first-order valence-electron chi connectivity index (χ1n) is 20.2. The monoisotopic (exact) mass is 742 g/mol. The predicted molar refractivity (Wildman–Crippen MR) is 246 cm³/mol. The molecule has 58 heavy (non-hydrogen) atoms. The van der Waals surface area contributed by atoms with Crippen molar-refractivity contribution in [3.63, 3.8) is 0 Å². The zero-order valence-corrected chi connectivity index (χ0v) is 32.2. The number of nitrogens with zero attached hydrogens (tertiary/aromatic N) is 2. The average Bonchev–Trinajstić information content (AvgIpc) is 3.30. The minimum Gasteiger partial charge on any atom is -0.313 e. The Bertz CT molecular complexity index is 2990. The minimum absolute atomic E-state index is 0.972. The van der Waals surface area contributed by atoms with E-state index in [9.17, 15) is 0 Å². The molecule has 0 saturated heterocycles. The van der Waals surface area contributed by atoms with Gasteiger partial charge >= 0.3 is 0 Å². The normalized spacial score (nSPS) is 12.1. The zero-order chi connectivity index (χ0) is 38.7. The van der Waals surface area contributed by atoms with Crippen LogP contribution in [0, 0.1) is 0 Å². The molecule has 10 rings (SSSR count). The Labute approximate surface area is 340 Å². The van der Waals surface area contributed by atoms with Crippen molar-refractivity contribution in [1.82, 2.24) is 0 Å². The fourth-order valence-electron chi connectivity index (χ4n) is 8.52. The summed E-state index contributed by atoms with van der Waals surface area (Å²) in [6, 6.07) is 81.2. The SMILES string of the molecule is C1=c2ccccc2=C(N(c2ccccc2)c2ccccc2-c2ccc(-c3ccccc3N(c3ccccc3)c3ccc(-c4ccc5ccccc5c4)cc3)cc2)CC1. The Morgan fingerprint density at radius 1 is 0.328 bits per heavy atom. The van der Waals surface area contributed by atoms with Crippen molar-refractivity contribution < 1.29 is 0 Å². The number of para-hydroxylation sites is 4. The largest absolute Gasteiger partial charge is 0.313 e. The van der Waals surface area contributed by atoms with Crippen molar-refractivity contribution in [2.45, 2.75) is 12.8 Å². The van der Waals surface area contributed by atoms with Crippen molar-refractivity contribution in [2.24, 2.45) is 0 Å². The summed E-state index contributed by atoms with van der Waals surface area (Å²) < 4.78 is 0. The Kier molecular flexibility index (Phi) is 9.43. The maximum atomic E-state index is 2.48. The number of rotatable bonds is 9. The van der Waals surface area contributed by atoms with Crippen LogP contribution in [0.2, 0.25) is 0 Å². The van der Waals surface area contributed by atoms with Gasteiger partial charge in [-0.1, -0.05) is 176 Å². The Balaban J connectivity index is 1.03. The standard InChI is InChI=1S/C56H42N2/c1-3-20-48(21-4-1)57(50-38-36-42(37-39-50)47-35-30-41-16-7-8-18-46(41)40-47)54-27-13-11-25-52(54)44-31-33-45(34-32-44)53-26-12-14-28-55(53)58(49-22-5-2-6-23-49)56-29-15-19-43-17-9-10-24-51(43)56/h1-14,16-28,30-40H,15,29H2. The fourth-order valence-corrected chi connectivity index (χ4v) is 8.52. The summed E-state index contributed by atoms with van der Waals surface area (Å²) in [7, 11) is 0. The molecule has 276 valence electrons. The van der Waals surface area contributed by atoms with Crippen LogP contribution in [0.15, 0.2) is 224 Å². The van der Waals surface area contributed by atoms with Crippen LogP contribution in [0.4, 0.5) is 28.4 Å². The lowest BCUT2D eigenvalue weighted by molar-refractivity contribution is 1.03. The van der Waals surface area contributed by atoms with Crippen LogP contribution in [0.1, 0.15) is 12.8 Å². The number of anilines is 5. The molecule has 9 aromatic carbocycles. The number of fused-ring (bicyclic) bond motifs is 2. The van der Waals surface area contributed by atoms with Gasteiger partial charge in [0.2, 0.25) is 0 Å². The topological polar surface area (TPSA) is 6.48 Å². The van der Waals surface area contributed by atoms with Crippen molar-refractivity contribution in [3.05, 3.63) is 235 Å². The highest BCUT2D eigenvalue weighted by atomic mass is 15.2. The third kappa shape index (κ3) is 6.76. The number of benzene rings is 9. The van der Waals surface area contributed by atoms with E-state index in [2.05, 4.69) is 240 Å². The molecule has 0 aromatic heterocycles. The molecule has 0 atom stereocenters. The van der Waals surface area contributed by atoms with Gasteiger partial charge in [0.05, 0.1) is 11.4 Å². The smallest absolute Gasteiger partial charge is 0.0540 e. The van der Waals surface area contributed by atoms with Gasteiger partial charge in [0.1, 0.15) is 0 Å². The summed E-state index contributed by atoms with van der Waals surface area (Å²) in [5, 5.41) is 5.10. The maximum absolute atomic E-state index is 2.48. The van der Waals surface area contributed by atoms with E-state index in [0.717, 1.165) is 35.5 Å². The summed E-state index contributed by atoms with van der Waals surface area (Å²) in [5.74, 6) is 0. The Morgan fingerprint density at radius 2 is 0.810 bits per heavy atom. The van der Waals surface area contributed by atoms with Gasteiger partial charge in [0.25, 0.3) is 0 Å². The summed E-state index contributed by atoms with van der Waals surface area (Å²) in [6.07, 6.45) is 4.35. The first-order chi connectivity index (χ1) is 28.8. The third-order valence-corrected chi connectivity index (χ3v) is 11.3. The van der Waals surface area contributed by atoms with E-state index in [1.165, 1.54) is 66.1 Å². The molecule has 1 aliphatic rings. The predicted octanol–water partition coefficient (Wildman–Crippen LogP) is 13.8. The van der Waals surface area contributed by atoms with Gasteiger partial charge in [-0.3, -0.25) is 0 Å². The summed E-state index contributed by atoms with van der Waals surface area (Å²) in [5.41, 5.74) is 14.1. The van der Waals surface area contributed by atoms with E-state index in [1.807, 2.05) is 0 Å². The van der Waals surface area contributed by atoms with Crippen LogP contribution in [0.5, 0.6) is 0 Å². The second-order valence-electron chi connectivity index (χ2n) is 14.8. The molecule has 2 heteroatoms. The highest BCUT2D eigenvalue weighted by molar-refractivity contribution is 5.93. The lowest BCUT2D eigenvalue weighted by atomic mass is 9.96. The van der Waals surface area contributed by atoms with Crippen LogP contribution in [-0.2, 0) is 0 Å². The summed E-state index contributed by atoms with van der Waals surface area (Å²) >= 11 is 0. The lowest BCUT2D eigenvalue weighted by Crippen LogP contribution is -2.35. The van der Waals surface area contributed by atoms with Crippen molar-refractivity contribution in [1.29, 1.82) is 0 Å². The van der Waals surface area contributed by atoms with Crippen LogP contribution < -0.4 is 20.2 Å². The molecular weight excluding hydrogens is 701 g/mol. The quantitative estimate of drug-likeness (QED) is 0.145. The Morgan fingerprint density at radius 3 is 1.48 bits per heavy atom. The summed E-state index contributed by atoms with van der Waals surface area (Å²) in [4.78, 5) is 4.85. The van der Waals surface area contributed by atoms with Gasteiger partial charge in [-0.25, -0.2) is 0 Å². The van der Waals surface area contributed by atoms with E-state index < -0.39 is 0 Å². The van der Waals surface area contributed by atoms with Gasteiger partial charge in [-0.15, -0.1) is 0 Å². The molecule has 0 saturated carbocycles. The third-order valence-electron chi connectivity index (χ3n) is 11.3. The highest BCUT2D eigenvalue weighted by Gasteiger charge is 2.21. The minimum atomic E-state index is 0.972. The van der Waals surface area contributed by atoms with Gasteiger partial charge in [-0.05, 0) is 106 Å². The van der Waals surface area contributed by atoms with Crippen LogP contribution in [-0.4, -0.2) is 0 Å². The second-order valence-corrected chi connectivity index (χ2v) is 14.8. The van der Waals surface area contributed by atoms with Crippen molar-refractivity contribution in [3.8, 4) is 33.4 Å². The first kappa shape index (κ1) is 35.0. The molecule has 1 aliphatic carbocycles. The molecule has 0 heterocycles. The molecule has 0 N–H and O–H groups in total. The fraction of sp³-hybridized carbons (Fsp3) is 0.0357. The number of hydrogen-bond acceptors (Lipinski definition) is 2. The molecule has 0 fully saturated rings. The molecule has 0 unspecified atom stereocenters. The molecule has 0 aliphatic heterocycles. The van der Waals surface area contributed by atoms with Crippen LogP contribution >= 0.6 is 0 Å². The van der Waals surface area contributed by atoms with E-state index in [4.69, 9.17) is 0 Å². The zero-order valence-electron chi connectivity index (χ0n) is 32.2. The van der Waals surface area contributed by atoms with E-state index >= 15 is 0 Å². The molecule has 0 bridgehead atoms. The van der Waals surface area contributed by atoms with Crippen LogP contribution in [0.25, 0.3) is 55.9 Å². The Hall–Kier alpha value is -7.42. The first-order valence-corrected chi connectivity index (χ1v) is 20.2. The van der Waals surface area contributed by atoms with E-state index in [1.54, 1.807) is 0 Å². The lowest BCUT2D eigenvalue weighted by Gasteiger charge is -2.31. The molecule has 0 radical (unpaired) electrons. The molecule has 0 amide bonds.